The van der Waals surface area contributed by atoms with Crippen molar-refractivity contribution < 1.29 is 8.42 Å². The highest BCUT2D eigenvalue weighted by Gasteiger charge is 2.09. The molecule has 0 bridgehead atoms. The molecule has 0 saturated heterocycles. The fourth-order valence-corrected chi connectivity index (χ4v) is 1.74. The first kappa shape index (κ1) is 12.5. The van der Waals surface area contributed by atoms with E-state index in [1.807, 2.05) is 0 Å². The molecular formula is C10H15N3O2S. The third-order valence-electron chi connectivity index (χ3n) is 2.02. The lowest BCUT2D eigenvalue weighted by Gasteiger charge is -2.09. The summed E-state index contributed by atoms with van der Waals surface area (Å²) in [6, 6.07) is 4.35. The van der Waals surface area contributed by atoms with Crippen LogP contribution in [-0.2, 0) is 10.0 Å². The van der Waals surface area contributed by atoms with Crippen LogP contribution < -0.4 is 16.2 Å². The van der Waals surface area contributed by atoms with Crippen molar-refractivity contribution in [3.63, 3.8) is 0 Å². The highest BCUT2D eigenvalue weighted by molar-refractivity contribution is 7.89. The van der Waals surface area contributed by atoms with Crippen molar-refractivity contribution in [1.82, 2.24) is 0 Å². The molecule has 0 fully saturated rings. The van der Waals surface area contributed by atoms with Crippen LogP contribution in [-0.4, -0.2) is 15.0 Å². The maximum Gasteiger partial charge on any atom is 0.238 e. The topological polar surface area (TPSA) is 98.2 Å². The van der Waals surface area contributed by atoms with Crippen LogP contribution in [0.15, 0.2) is 35.7 Å². The van der Waals surface area contributed by atoms with E-state index < -0.39 is 10.0 Å². The van der Waals surface area contributed by atoms with Crippen molar-refractivity contribution >= 4 is 21.4 Å². The van der Waals surface area contributed by atoms with Crippen molar-refractivity contribution in [2.45, 2.75) is 11.3 Å². The maximum atomic E-state index is 11.0. The number of nitrogens with one attached hydrogen (secondary N) is 1. The maximum absolute atomic E-state index is 11.0. The van der Waals surface area contributed by atoms with Gasteiger partial charge in [-0.3, -0.25) is 0 Å². The molecule has 0 aliphatic carbocycles. The lowest BCUT2D eigenvalue weighted by Crippen LogP contribution is -2.13. The van der Waals surface area contributed by atoms with Gasteiger partial charge in [-0.15, -0.1) is 6.58 Å². The highest BCUT2D eigenvalue weighted by atomic mass is 32.2. The summed E-state index contributed by atoms with van der Waals surface area (Å²) < 4.78 is 22.1. The van der Waals surface area contributed by atoms with Crippen LogP contribution in [0.1, 0.15) is 6.42 Å². The zero-order chi connectivity index (χ0) is 12.2. The number of nitrogens with two attached hydrogens (primary N) is 2. The Kier molecular flexibility index (Phi) is 3.92. The Morgan fingerprint density at radius 3 is 2.62 bits per heavy atom. The number of hydrogen-bond acceptors (Lipinski definition) is 4. The Morgan fingerprint density at radius 1 is 1.44 bits per heavy atom. The monoisotopic (exact) mass is 241 g/mol. The average Bonchev–Trinajstić information content (AvgIpc) is 2.19. The molecule has 0 heterocycles. The Balaban J connectivity index is 2.88. The smallest absolute Gasteiger partial charge is 0.238 e. The third kappa shape index (κ3) is 3.25. The largest absolute Gasteiger partial charge is 0.397 e. The van der Waals surface area contributed by atoms with E-state index in [1.54, 1.807) is 12.1 Å². The van der Waals surface area contributed by atoms with Gasteiger partial charge < -0.3 is 11.1 Å². The van der Waals surface area contributed by atoms with Gasteiger partial charge in [0.15, 0.2) is 0 Å². The highest BCUT2D eigenvalue weighted by Crippen LogP contribution is 2.21. The molecule has 6 heteroatoms. The Hall–Kier alpha value is -1.53. The molecule has 0 spiro atoms. The molecule has 0 amide bonds. The molecule has 88 valence electrons. The lowest BCUT2D eigenvalue weighted by atomic mass is 10.2. The average molecular weight is 241 g/mol. The molecule has 5 nitrogen and oxygen atoms in total. The number of primary sulfonamides is 1. The molecule has 0 unspecified atom stereocenters. The first-order valence-corrected chi connectivity index (χ1v) is 6.27. The van der Waals surface area contributed by atoms with Crippen LogP contribution in [0.4, 0.5) is 11.4 Å². The first-order valence-electron chi connectivity index (χ1n) is 4.72. The van der Waals surface area contributed by atoms with Crippen molar-refractivity contribution in [3.8, 4) is 0 Å². The molecule has 5 N–H and O–H groups in total. The first-order chi connectivity index (χ1) is 7.45. The zero-order valence-electron chi connectivity index (χ0n) is 8.81. The van der Waals surface area contributed by atoms with E-state index in [1.165, 1.54) is 12.1 Å². The molecule has 0 radical (unpaired) electrons. The number of nitrogen functional groups attached to an aromatic ring is 1. The molecule has 0 aliphatic heterocycles. The van der Waals surface area contributed by atoms with Crippen molar-refractivity contribution in [2.75, 3.05) is 17.6 Å². The number of hydrogen-bond donors (Lipinski definition) is 3. The normalized spacial score (nSPS) is 11.1. The summed E-state index contributed by atoms with van der Waals surface area (Å²) in [4.78, 5) is 0.0132. The third-order valence-corrected chi connectivity index (χ3v) is 2.93. The fraction of sp³-hybridized carbons (Fsp3) is 0.200. The van der Waals surface area contributed by atoms with Gasteiger partial charge in [0.1, 0.15) is 0 Å². The van der Waals surface area contributed by atoms with Gasteiger partial charge in [-0.2, -0.15) is 0 Å². The van der Waals surface area contributed by atoms with Gasteiger partial charge in [0.05, 0.1) is 16.3 Å². The van der Waals surface area contributed by atoms with Gasteiger partial charge in [-0.05, 0) is 24.6 Å². The van der Waals surface area contributed by atoms with E-state index in [0.29, 0.717) is 17.9 Å². The van der Waals surface area contributed by atoms with Crippen molar-refractivity contribution in [2.24, 2.45) is 5.14 Å². The predicted octanol–water partition coefficient (Wildman–Crippen LogP) is 0.904. The van der Waals surface area contributed by atoms with Crippen LogP contribution in [0.25, 0.3) is 0 Å². The van der Waals surface area contributed by atoms with Gasteiger partial charge in [0, 0.05) is 6.54 Å². The van der Waals surface area contributed by atoms with Gasteiger partial charge in [-0.25, -0.2) is 13.6 Å². The molecule has 0 aliphatic rings. The fourth-order valence-electron chi connectivity index (χ4n) is 1.19. The minimum Gasteiger partial charge on any atom is -0.397 e. The van der Waals surface area contributed by atoms with E-state index in [4.69, 9.17) is 10.9 Å². The summed E-state index contributed by atoms with van der Waals surface area (Å²) >= 11 is 0. The van der Waals surface area contributed by atoms with Gasteiger partial charge >= 0.3 is 0 Å². The number of benzene rings is 1. The summed E-state index contributed by atoms with van der Waals surface area (Å²) in [5.41, 5.74) is 6.74. The van der Waals surface area contributed by atoms with Crippen LogP contribution in [0.5, 0.6) is 0 Å². The molecule has 0 atom stereocenters. The predicted molar refractivity (Wildman–Crippen MR) is 65.5 cm³/mol. The minimum absolute atomic E-state index is 0.0132. The van der Waals surface area contributed by atoms with Gasteiger partial charge in [0.2, 0.25) is 10.0 Å². The quantitative estimate of drug-likeness (QED) is 0.405. The van der Waals surface area contributed by atoms with Crippen LogP contribution in [0.2, 0.25) is 0 Å². The number of anilines is 2. The SMILES string of the molecule is C=CCCNc1ccc(S(N)(=O)=O)cc1N. The van der Waals surface area contributed by atoms with E-state index >= 15 is 0 Å². The molecule has 1 aromatic carbocycles. The van der Waals surface area contributed by atoms with Gasteiger partial charge in [0.25, 0.3) is 0 Å². The number of sulfonamides is 1. The summed E-state index contributed by atoms with van der Waals surface area (Å²) in [5.74, 6) is 0. The molecule has 1 rings (SSSR count). The van der Waals surface area contributed by atoms with Crippen molar-refractivity contribution in [3.05, 3.63) is 30.9 Å². The summed E-state index contributed by atoms with van der Waals surface area (Å²) in [5, 5.41) is 8.04. The molecule has 0 saturated carbocycles. The Bertz CT molecular complexity index is 483. The number of rotatable bonds is 5. The summed E-state index contributed by atoms with van der Waals surface area (Å²) in [6.07, 6.45) is 2.58. The van der Waals surface area contributed by atoms with E-state index in [2.05, 4.69) is 11.9 Å². The van der Waals surface area contributed by atoms with E-state index in [0.717, 1.165) is 6.42 Å². The van der Waals surface area contributed by atoms with Crippen LogP contribution in [0.3, 0.4) is 0 Å². The van der Waals surface area contributed by atoms with Gasteiger partial charge in [-0.1, -0.05) is 6.08 Å². The zero-order valence-corrected chi connectivity index (χ0v) is 9.63. The van der Waals surface area contributed by atoms with Crippen LogP contribution >= 0.6 is 0 Å². The lowest BCUT2D eigenvalue weighted by molar-refractivity contribution is 0.598. The Morgan fingerprint density at radius 2 is 2.12 bits per heavy atom. The second-order valence-corrected chi connectivity index (χ2v) is 4.86. The standard InChI is InChI=1S/C10H15N3O2S/c1-2-3-6-13-10-5-4-8(7-9(10)11)16(12,14)15/h2,4-5,7,13H,1,3,6,11H2,(H2,12,14,15). The summed E-state index contributed by atoms with van der Waals surface area (Å²) in [6.45, 7) is 4.29. The van der Waals surface area contributed by atoms with E-state index in [-0.39, 0.29) is 4.90 Å². The van der Waals surface area contributed by atoms with Crippen LogP contribution in [0, 0.1) is 0 Å². The molecular weight excluding hydrogens is 226 g/mol. The second-order valence-electron chi connectivity index (χ2n) is 3.30. The molecule has 0 aromatic heterocycles. The molecule has 16 heavy (non-hydrogen) atoms. The second kappa shape index (κ2) is 5.00. The molecule has 1 aromatic rings. The Labute approximate surface area is 95.2 Å². The van der Waals surface area contributed by atoms with Crippen molar-refractivity contribution in [1.29, 1.82) is 0 Å². The summed E-state index contributed by atoms with van der Waals surface area (Å²) in [7, 11) is -3.69. The minimum atomic E-state index is -3.69. The van der Waals surface area contributed by atoms with E-state index in [9.17, 15) is 8.42 Å².